The van der Waals surface area contributed by atoms with Gasteiger partial charge in [-0.05, 0) is 236 Å². The molecule has 526 valence electrons. The quantitative estimate of drug-likeness (QED) is 0.0390. The number of hydrogen-bond donors (Lipinski definition) is 6. The number of allylic oxidation sites excluding steroid dienone is 1. The number of benzene rings is 3. The fraction of sp³-hybridized carbons (Fsp3) is 0.405. The molecule has 25 heteroatoms. The van der Waals surface area contributed by atoms with E-state index in [9.17, 15) is 56.3 Å². The summed E-state index contributed by atoms with van der Waals surface area (Å²) in [6.45, 7) is 26.2. The lowest BCUT2D eigenvalue weighted by atomic mass is 9.97. The van der Waals surface area contributed by atoms with Crippen LogP contribution in [0, 0.1) is 86.7 Å². The molecule has 1 aliphatic carbocycles. The van der Waals surface area contributed by atoms with E-state index in [-0.39, 0.29) is 52.7 Å². The Labute approximate surface area is 579 Å². The summed E-state index contributed by atoms with van der Waals surface area (Å²) >= 11 is 1.55. The number of halogens is 3. The second kappa shape index (κ2) is 31.8. The zero-order valence-electron chi connectivity index (χ0n) is 59.0. The highest BCUT2D eigenvalue weighted by atomic mass is 32.1. The van der Waals surface area contributed by atoms with Gasteiger partial charge in [0.2, 0.25) is 0 Å². The molecule has 0 bridgehead atoms. The van der Waals surface area contributed by atoms with Gasteiger partial charge in [0.25, 0.3) is 52.8 Å². The van der Waals surface area contributed by atoms with Crippen LogP contribution in [0.2, 0.25) is 0 Å². The molecule has 99 heavy (non-hydrogen) atoms. The lowest BCUT2D eigenvalue weighted by Crippen LogP contribution is -2.46. The highest BCUT2D eigenvalue weighted by Gasteiger charge is 2.35. The number of carbonyl (C=O) groups excluding carboxylic acids is 9. The minimum Gasteiger partial charge on any atom is -0.375 e. The number of Topliss-reactive ketones (excluding diaryl/α,β-unsaturated/α-hetero) is 3. The summed E-state index contributed by atoms with van der Waals surface area (Å²) in [6, 6.07) is 12.6. The fourth-order valence-electron chi connectivity index (χ4n) is 13.2. The maximum Gasteiger partial charge on any atom is 0.294 e. The molecule has 0 spiro atoms. The number of anilines is 3. The van der Waals surface area contributed by atoms with Crippen LogP contribution in [-0.4, -0.2) is 127 Å². The first-order valence-electron chi connectivity index (χ1n) is 33.0. The lowest BCUT2D eigenvalue weighted by molar-refractivity contribution is -0.118. The van der Waals surface area contributed by atoms with E-state index in [2.05, 4.69) is 53.3 Å². The zero-order chi connectivity index (χ0) is 72.8. The first-order chi connectivity index (χ1) is 46.7. The average molecular weight is 1380 g/mol. The Kier molecular flexibility index (Phi) is 24.1. The van der Waals surface area contributed by atoms with Crippen molar-refractivity contribution in [3.05, 3.63) is 184 Å². The van der Waals surface area contributed by atoms with Crippen LogP contribution in [0.1, 0.15) is 186 Å². The Morgan fingerprint density at radius 1 is 0.485 bits per heavy atom. The molecule has 4 aromatic heterocycles. The summed E-state index contributed by atoms with van der Waals surface area (Å²) in [7, 11) is 7.04. The molecule has 2 atom stereocenters. The molecule has 3 aromatic carbocycles. The molecule has 6 N–H and O–H groups in total. The van der Waals surface area contributed by atoms with E-state index < -0.39 is 52.8 Å². The van der Waals surface area contributed by atoms with Crippen molar-refractivity contribution >= 4 is 81.2 Å². The predicted molar refractivity (Wildman–Crippen MR) is 376 cm³/mol. The normalized spacial score (nSPS) is 15.4. The van der Waals surface area contributed by atoms with Crippen LogP contribution in [0.25, 0.3) is 0 Å². The number of piperidine rings is 1. The molecule has 0 radical (unpaired) electrons. The highest BCUT2D eigenvalue weighted by Crippen LogP contribution is 2.35. The number of thiazole rings is 1. The minimum atomic E-state index is -0.700. The molecule has 3 aliphatic rings. The molecular weight excluding hydrogens is 1290 g/mol. The largest absolute Gasteiger partial charge is 0.375 e. The molecule has 6 heterocycles. The van der Waals surface area contributed by atoms with E-state index in [1.165, 1.54) is 36.4 Å². The second-order valence-electron chi connectivity index (χ2n) is 26.1. The summed E-state index contributed by atoms with van der Waals surface area (Å²) in [6.07, 6.45) is 6.59. The first kappa shape index (κ1) is 75.0. The number of aryl methyl sites for hydroxylation is 5. The van der Waals surface area contributed by atoms with Crippen LogP contribution in [0.3, 0.4) is 0 Å². The lowest BCUT2D eigenvalue weighted by Gasteiger charge is -2.33. The maximum atomic E-state index is 13.6. The van der Waals surface area contributed by atoms with E-state index in [0.29, 0.717) is 84.2 Å². The molecule has 2 aliphatic heterocycles. The van der Waals surface area contributed by atoms with Crippen molar-refractivity contribution in [1.82, 2.24) is 44.4 Å². The summed E-state index contributed by atoms with van der Waals surface area (Å²) in [5.74, 6) is -6.35. The Hall–Kier alpha value is -9.75. The Bertz CT molecular complexity index is 4380. The van der Waals surface area contributed by atoms with Gasteiger partial charge in [-0.1, -0.05) is 6.58 Å². The zero-order valence-corrected chi connectivity index (χ0v) is 59.8. The van der Waals surface area contributed by atoms with Crippen molar-refractivity contribution in [2.75, 3.05) is 49.2 Å². The number of rotatable bonds is 16. The third-order valence-corrected chi connectivity index (χ3v) is 20.1. The molecule has 0 saturated carbocycles. The van der Waals surface area contributed by atoms with Crippen LogP contribution in [0.4, 0.5) is 30.2 Å². The number of fused-ring (bicyclic) bond motifs is 1. The molecule has 2 fully saturated rings. The van der Waals surface area contributed by atoms with Crippen LogP contribution < -0.4 is 31.9 Å². The van der Waals surface area contributed by atoms with Crippen molar-refractivity contribution in [2.24, 2.45) is 21.1 Å². The van der Waals surface area contributed by atoms with Gasteiger partial charge < -0.3 is 55.4 Å². The van der Waals surface area contributed by atoms with Gasteiger partial charge in [-0.15, -0.1) is 11.3 Å². The van der Waals surface area contributed by atoms with Crippen LogP contribution in [0.5, 0.6) is 0 Å². The molecule has 2 unspecified atom stereocenters. The minimum absolute atomic E-state index is 0.0393. The van der Waals surface area contributed by atoms with Gasteiger partial charge in [0.15, 0.2) is 0 Å². The van der Waals surface area contributed by atoms with E-state index >= 15 is 0 Å². The number of nitrogens with one attached hydrogen (secondary N) is 6. The van der Waals surface area contributed by atoms with Gasteiger partial charge in [-0.2, -0.15) is 0 Å². The van der Waals surface area contributed by atoms with E-state index in [4.69, 9.17) is 0 Å². The van der Waals surface area contributed by atoms with Crippen LogP contribution in [-0.2, 0) is 41.9 Å². The SMILES string of the molecule is C=C(C)N1CCC(NC(=O)C(=O)c2c(C)c(C(=O)Nc3ccc(F)c(C)c3)c(C)n2C)CC1.Cc1cc(NC(=O)c2c(C)c(C(=O)C(=O)NC3CCCN(C)CC3)n(C)c2C)ccc1F.Cc1nc2c(s1)C(NC(=O)C(=O)c1c(C)c(C(=O)Nc3ccc(F)c(C)c3)c(C)n1C)CCC2. The monoisotopic (exact) mass is 1380 g/mol. The molecule has 2 saturated heterocycles. The number of amides is 6. The third kappa shape index (κ3) is 17.0. The van der Waals surface area contributed by atoms with Gasteiger partial charge in [-0.3, -0.25) is 43.2 Å². The average Bonchev–Trinajstić information content (AvgIpc) is 1.64. The number of nitrogens with zero attached hydrogens (tertiary/aromatic N) is 6. The Morgan fingerprint density at radius 2 is 0.848 bits per heavy atom. The van der Waals surface area contributed by atoms with E-state index in [0.717, 1.165) is 98.8 Å². The maximum absolute atomic E-state index is 13.6. The highest BCUT2D eigenvalue weighted by molar-refractivity contribution is 7.11. The van der Waals surface area contributed by atoms with Crippen molar-refractivity contribution in [3.63, 3.8) is 0 Å². The standard InChI is InChI=1S/C25H27FN4O3S.C25H31FN4O3.C24H31FN4O3/c1-12-11-16(9-10-17(12)26)28-24(32)20-13(2)21(30(5)14(20)3)22(31)25(33)29-19-8-6-7-18-23(19)34-15(4)27-18;1-14(2)30-11-9-18(10-12-30)27-25(33)23(31)22-16(4)21(17(5)29(22)6)24(32)28-19-7-8-20(26)15(3)13-19;1-14-13-18(8-9-19(14)25)27-23(31)20-15(2)21(29(5)16(20)3)22(30)24(32)26-17-7-6-11-28(4)12-10-17/h9-11,19H,6-8H2,1-5H3,(H,28,32)(H,29,33);7-8,13,18H,1,9-12H2,2-6H3,(H,27,33)(H,28,32);8-9,13,17H,6-7,10-12H2,1-5H3,(H,26,32)(H,27,31). The van der Waals surface area contributed by atoms with Gasteiger partial charge >= 0.3 is 0 Å². The van der Waals surface area contributed by atoms with Crippen molar-refractivity contribution < 1.29 is 56.3 Å². The summed E-state index contributed by atoms with van der Waals surface area (Å²) < 4.78 is 45.4. The molecule has 7 aromatic rings. The number of hydrogen-bond acceptors (Lipinski definition) is 13. The van der Waals surface area contributed by atoms with Gasteiger partial charge in [0.1, 0.15) is 17.5 Å². The summed E-state index contributed by atoms with van der Waals surface area (Å²) in [5.41, 5.74) is 9.13. The smallest absolute Gasteiger partial charge is 0.294 e. The van der Waals surface area contributed by atoms with E-state index in [1.54, 1.807) is 127 Å². The second-order valence-corrected chi connectivity index (χ2v) is 27.3. The Balaban J connectivity index is 0.000000189. The third-order valence-electron chi connectivity index (χ3n) is 19.0. The molecular formula is C74H89F3N12O9S. The number of ketones is 3. The van der Waals surface area contributed by atoms with Crippen molar-refractivity contribution in [2.45, 2.75) is 146 Å². The van der Waals surface area contributed by atoms with Crippen molar-refractivity contribution in [3.8, 4) is 0 Å². The van der Waals surface area contributed by atoms with Crippen LogP contribution >= 0.6 is 11.3 Å². The van der Waals surface area contributed by atoms with Gasteiger partial charge in [-0.25, -0.2) is 18.2 Å². The molecule has 21 nitrogen and oxygen atoms in total. The topological polar surface area (TPSA) is 260 Å². The Morgan fingerprint density at radius 3 is 1.22 bits per heavy atom. The fourth-order valence-corrected chi connectivity index (χ4v) is 14.2. The van der Waals surface area contributed by atoms with Crippen molar-refractivity contribution in [1.29, 1.82) is 0 Å². The summed E-state index contributed by atoms with van der Waals surface area (Å²) in [4.78, 5) is 127. The van der Waals surface area contributed by atoms with Gasteiger partial charge in [0, 0.05) is 86.2 Å². The first-order valence-corrected chi connectivity index (χ1v) is 33.8. The van der Waals surface area contributed by atoms with Gasteiger partial charge in [0.05, 0.1) is 55.4 Å². The van der Waals surface area contributed by atoms with E-state index in [1.807, 2.05) is 20.9 Å². The van der Waals surface area contributed by atoms with Crippen LogP contribution in [0.15, 0.2) is 66.9 Å². The number of likely N-dealkylation sites (tertiary alicyclic amines) is 2. The summed E-state index contributed by atoms with van der Waals surface area (Å²) in [5, 5.41) is 17.8. The molecule has 6 amide bonds. The number of carbonyl (C=O) groups is 9. The predicted octanol–water partition coefficient (Wildman–Crippen LogP) is 11.2. The number of aromatic nitrogens is 4. The molecule has 10 rings (SSSR count).